The van der Waals surface area contributed by atoms with E-state index in [-0.39, 0.29) is 0 Å². The minimum Gasteiger partial charge on any atom is -0.351 e. The second-order valence-electron chi connectivity index (χ2n) is 1.90. The molecule has 0 saturated heterocycles. The largest absolute Gasteiger partial charge is 0.351 e. The monoisotopic (exact) mass is 146 g/mol. The van der Waals surface area contributed by atoms with E-state index in [9.17, 15) is 4.79 Å². The van der Waals surface area contributed by atoms with E-state index in [1.165, 1.54) is 4.90 Å². The molecule has 0 aliphatic carbocycles. The van der Waals surface area contributed by atoms with Gasteiger partial charge in [-0.3, -0.25) is 0 Å². The van der Waals surface area contributed by atoms with Crippen molar-refractivity contribution in [1.29, 1.82) is 0 Å². The first-order valence-corrected chi connectivity index (χ1v) is 3.17. The smallest absolute Gasteiger partial charge is 0.314 e. The number of carbonyl (C=O) groups is 1. The van der Waals surface area contributed by atoms with Crippen LogP contribution in [0.3, 0.4) is 0 Å². The molecule has 0 heterocycles. The van der Waals surface area contributed by atoms with Gasteiger partial charge in [-0.15, -0.1) is 0 Å². The SMILES string of the molecule is NCCN(CCN)C(N)=O. The van der Waals surface area contributed by atoms with Crippen molar-refractivity contribution in [2.45, 2.75) is 0 Å². The van der Waals surface area contributed by atoms with Crippen molar-refractivity contribution in [2.75, 3.05) is 26.2 Å². The molecule has 0 aliphatic heterocycles. The number of primary amides is 1. The van der Waals surface area contributed by atoms with E-state index in [2.05, 4.69) is 0 Å². The molecule has 0 aromatic heterocycles. The Morgan fingerprint density at radius 1 is 1.20 bits per heavy atom. The summed E-state index contributed by atoms with van der Waals surface area (Å²) in [6, 6.07) is -0.462. The van der Waals surface area contributed by atoms with Gasteiger partial charge in [-0.1, -0.05) is 0 Å². The molecule has 0 radical (unpaired) electrons. The number of amides is 2. The van der Waals surface area contributed by atoms with E-state index < -0.39 is 6.03 Å². The van der Waals surface area contributed by atoms with Crippen LogP contribution in [0.1, 0.15) is 0 Å². The molecule has 0 aromatic carbocycles. The maximum atomic E-state index is 10.5. The van der Waals surface area contributed by atoms with E-state index in [4.69, 9.17) is 17.2 Å². The van der Waals surface area contributed by atoms with Crippen LogP contribution in [0.4, 0.5) is 4.79 Å². The lowest BCUT2D eigenvalue weighted by molar-refractivity contribution is 0.210. The summed E-state index contributed by atoms with van der Waals surface area (Å²) in [7, 11) is 0. The lowest BCUT2D eigenvalue weighted by Crippen LogP contribution is -2.41. The molecule has 0 rings (SSSR count). The van der Waals surface area contributed by atoms with Crippen molar-refractivity contribution >= 4 is 6.03 Å². The van der Waals surface area contributed by atoms with Crippen LogP contribution in [0.25, 0.3) is 0 Å². The van der Waals surface area contributed by atoms with Crippen LogP contribution in [-0.4, -0.2) is 37.1 Å². The Balaban J connectivity index is 3.61. The first kappa shape index (κ1) is 9.19. The maximum absolute atomic E-state index is 10.5. The van der Waals surface area contributed by atoms with Crippen LogP contribution in [-0.2, 0) is 0 Å². The summed E-state index contributed by atoms with van der Waals surface area (Å²) in [5.41, 5.74) is 15.4. The van der Waals surface area contributed by atoms with Crippen molar-refractivity contribution in [3.05, 3.63) is 0 Å². The maximum Gasteiger partial charge on any atom is 0.314 e. The number of nitrogens with two attached hydrogens (primary N) is 3. The predicted octanol–water partition coefficient (Wildman–Crippen LogP) is -1.72. The Hall–Kier alpha value is -0.810. The highest BCUT2D eigenvalue weighted by Gasteiger charge is 2.05. The van der Waals surface area contributed by atoms with E-state index in [1.54, 1.807) is 0 Å². The topological polar surface area (TPSA) is 98.4 Å². The average Bonchev–Trinajstić information content (AvgIpc) is 1.87. The third-order valence-corrected chi connectivity index (χ3v) is 1.11. The zero-order valence-electron chi connectivity index (χ0n) is 5.92. The molecule has 0 aliphatic rings. The first-order valence-electron chi connectivity index (χ1n) is 3.17. The van der Waals surface area contributed by atoms with Gasteiger partial charge in [-0.2, -0.15) is 0 Å². The van der Waals surface area contributed by atoms with Gasteiger partial charge in [0.05, 0.1) is 0 Å². The average molecular weight is 146 g/mol. The molecule has 10 heavy (non-hydrogen) atoms. The second kappa shape index (κ2) is 5.01. The molecule has 0 aromatic rings. The summed E-state index contributed by atoms with van der Waals surface area (Å²) in [6.07, 6.45) is 0. The molecule has 0 unspecified atom stereocenters. The predicted molar refractivity (Wildman–Crippen MR) is 39.3 cm³/mol. The third-order valence-electron chi connectivity index (χ3n) is 1.11. The molecular formula is C5H14N4O. The molecule has 0 bridgehead atoms. The number of hydrogen-bond donors (Lipinski definition) is 3. The molecule has 0 atom stereocenters. The molecule has 0 fully saturated rings. The lowest BCUT2D eigenvalue weighted by Gasteiger charge is -2.17. The molecule has 6 N–H and O–H groups in total. The van der Waals surface area contributed by atoms with Crippen molar-refractivity contribution in [2.24, 2.45) is 17.2 Å². The molecule has 5 nitrogen and oxygen atoms in total. The van der Waals surface area contributed by atoms with E-state index in [1.807, 2.05) is 0 Å². The Kier molecular flexibility index (Phi) is 4.61. The molecular weight excluding hydrogens is 132 g/mol. The second-order valence-corrected chi connectivity index (χ2v) is 1.90. The van der Waals surface area contributed by atoms with Gasteiger partial charge in [-0.05, 0) is 0 Å². The minimum absolute atomic E-state index is 0.420. The fraction of sp³-hybridized carbons (Fsp3) is 0.800. The number of carbonyl (C=O) groups excluding carboxylic acids is 1. The summed E-state index contributed by atoms with van der Waals surface area (Å²) in [6.45, 7) is 1.80. The zero-order valence-corrected chi connectivity index (χ0v) is 5.92. The Bertz CT molecular complexity index is 99.8. The third kappa shape index (κ3) is 3.26. The number of urea groups is 1. The normalized spacial score (nSPS) is 9.40. The quantitative estimate of drug-likeness (QED) is 0.440. The lowest BCUT2D eigenvalue weighted by atomic mass is 10.5. The summed E-state index contributed by atoms with van der Waals surface area (Å²) < 4.78 is 0. The first-order chi connectivity index (χ1) is 4.72. The van der Waals surface area contributed by atoms with Crippen molar-refractivity contribution in [3.8, 4) is 0 Å². The van der Waals surface area contributed by atoms with Gasteiger partial charge in [0.2, 0.25) is 0 Å². The standard InChI is InChI=1S/C5H14N4O/c6-1-3-9(4-2-7)5(8)10/h1-4,6-7H2,(H2,8,10). The minimum atomic E-state index is -0.462. The zero-order chi connectivity index (χ0) is 7.98. The summed E-state index contributed by atoms with van der Waals surface area (Å²) in [5, 5.41) is 0. The van der Waals surface area contributed by atoms with Gasteiger partial charge in [0.1, 0.15) is 0 Å². The number of nitrogens with zero attached hydrogens (tertiary/aromatic N) is 1. The Labute approximate surface area is 60.1 Å². The van der Waals surface area contributed by atoms with E-state index >= 15 is 0 Å². The van der Waals surface area contributed by atoms with Gasteiger partial charge < -0.3 is 22.1 Å². The highest BCUT2D eigenvalue weighted by molar-refractivity contribution is 5.71. The van der Waals surface area contributed by atoms with Gasteiger partial charge in [0.15, 0.2) is 0 Å². The molecule has 0 spiro atoms. The molecule has 2 amide bonds. The van der Waals surface area contributed by atoms with E-state index in [0.717, 1.165) is 0 Å². The van der Waals surface area contributed by atoms with Crippen LogP contribution in [0.5, 0.6) is 0 Å². The van der Waals surface area contributed by atoms with Crippen molar-refractivity contribution in [1.82, 2.24) is 4.90 Å². The van der Waals surface area contributed by atoms with Crippen LogP contribution < -0.4 is 17.2 Å². The van der Waals surface area contributed by atoms with Gasteiger partial charge >= 0.3 is 6.03 Å². The fourth-order valence-electron chi connectivity index (χ4n) is 0.644. The van der Waals surface area contributed by atoms with Crippen LogP contribution in [0.2, 0.25) is 0 Å². The molecule has 60 valence electrons. The van der Waals surface area contributed by atoms with Crippen LogP contribution >= 0.6 is 0 Å². The van der Waals surface area contributed by atoms with Gasteiger partial charge in [0, 0.05) is 26.2 Å². The summed E-state index contributed by atoms with van der Waals surface area (Å²) in [4.78, 5) is 11.9. The van der Waals surface area contributed by atoms with Crippen molar-refractivity contribution in [3.63, 3.8) is 0 Å². The van der Waals surface area contributed by atoms with Crippen LogP contribution in [0, 0.1) is 0 Å². The Morgan fingerprint density at radius 3 is 1.80 bits per heavy atom. The van der Waals surface area contributed by atoms with Gasteiger partial charge in [-0.25, -0.2) is 4.79 Å². The summed E-state index contributed by atoms with van der Waals surface area (Å²) >= 11 is 0. The highest BCUT2D eigenvalue weighted by Crippen LogP contribution is 1.82. The highest BCUT2D eigenvalue weighted by atomic mass is 16.2. The van der Waals surface area contributed by atoms with Crippen LogP contribution in [0.15, 0.2) is 0 Å². The molecule has 0 saturated carbocycles. The van der Waals surface area contributed by atoms with Gasteiger partial charge in [0.25, 0.3) is 0 Å². The van der Waals surface area contributed by atoms with E-state index in [0.29, 0.717) is 26.2 Å². The summed E-state index contributed by atoms with van der Waals surface area (Å²) in [5.74, 6) is 0. The Morgan fingerprint density at radius 2 is 1.60 bits per heavy atom. The van der Waals surface area contributed by atoms with Crippen molar-refractivity contribution < 1.29 is 4.79 Å². The fourth-order valence-corrected chi connectivity index (χ4v) is 0.644. The number of hydrogen-bond acceptors (Lipinski definition) is 3. The molecule has 5 heteroatoms. The number of rotatable bonds is 4.